The normalized spacial score (nSPS) is 20.3. The van der Waals surface area contributed by atoms with E-state index < -0.39 is 0 Å². The Bertz CT molecular complexity index is 568. The Kier molecular flexibility index (Phi) is 2.76. The Hall–Kier alpha value is -1.88. The lowest BCUT2D eigenvalue weighted by atomic mass is 10.1. The minimum absolute atomic E-state index is 0.513. The first-order valence-corrected chi connectivity index (χ1v) is 6.22. The largest absolute Gasteiger partial charge is 0.383 e. The first-order chi connectivity index (χ1) is 8.74. The van der Waals surface area contributed by atoms with Gasteiger partial charge >= 0.3 is 0 Å². The van der Waals surface area contributed by atoms with Gasteiger partial charge in [-0.25, -0.2) is 9.97 Å². The molecule has 3 rings (SSSR count). The summed E-state index contributed by atoms with van der Waals surface area (Å²) in [6.45, 7) is 5.24. The van der Waals surface area contributed by atoms with Crippen LogP contribution in [0.5, 0.6) is 0 Å². The lowest BCUT2D eigenvalue weighted by Gasteiger charge is -2.33. The number of fused-ring (bicyclic) bond motifs is 1. The number of rotatable bonds is 1. The maximum absolute atomic E-state index is 5.90. The monoisotopic (exact) mass is 243 g/mol. The molecule has 18 heavy (non-hydrogen) atoms. The number of nitrogens with zero attached hydrogens (tertiary/aromatic N) is 3. The van der Waals surface area contributed by atoms with Crippen LogP contribution in [0.3, 0.4) is 0 Å². The molecule has 0 saturated carbocycles. The molecule has 0 radical (unpaired) electrons. The summed E-state index contributed by atoms with van der Waals surface area (Å²) in [4.78, 5) is 10.6. The molecular formula is C13H17N5. The van der Waals surface area contributed by atoms with Crippen molar-refractivity contribution in [2.45, 2.75) is 13.0 Å². The summed E-state index contributed by atoms with van der Waals surface area (Å²) >= 11 is 0. The van der Waals surface area contributed by atoms with E-state index in [0.717, 1.165) is 30.5 Å². The van der Waals surface area contributed by atoms with Crippen LogP contribution in [0, 0.1) is 0 Å². The molecule has 1 aromatic carbocycles. The summed E-state index contributed by atoms with van der Waals surface area (Å²) in [6.07, 6.45) is 1.50. The Balaban J connectivity index is 1.99. The number of nitrogens with two attached hydrogens (primary N) is 1. The maximum atomic E-state index is 5.90. The minimum Gasteiger partial charge on any atom is -0.383 e. The Morgan fingerprint density at radius 2 is 2.28 bits per heavy atom. The van der Waals surface area contributed by atoms with E-state index >= 15 is 0 Å². The molecule has 0 amide bonds. The second-order valence-corrected chi connectivity index (χ2v) is 4.76. The third-order valence-corrected chi connectivity index (χ3v) is 3.38. The molecular weight excluding hydrogens is 226 g/mol. The van der Waals surface area contributed by atoms with E-state index in [9.17, 15) is 0 Å². The third kappa shape index (κ3) is 1.97. The van der Waals surface area contributed by atoms with E-state index in [1.54, 1.807) is 0 Å². The van der Waals surface area contributed by atoms with Crippen LogP contribution in [0.2, 0.25) is 0 Å². The van der Waals surface area contributed by atoms with Gasteiger partial charge in [0.25, 0.3) is 0 Å². The highest BCUT2D eigenvalue weighted by Gasteiger charge is 2.16. The fraction of sp³-hybridized carbons (Fsp3) is 0.385. The molecule has 1 fully saturated rings. The van der Waals surface area contributed by atoms with Crippen molar-refractivity contribution < 1.29 is 0 Å². The zero-order valence-corrected chi connectivity index (χ0v) is 10.4. The van der Waals surface area contributed by atoms with Crippen LogP contribution in [0.4, 0.5) is 11.5 Å². The fourth-order valence-electron chi connectivity index (χ4n) is 2.43. The summed E-state index contributed by atoms with van der Waals surface area (Å²) < 4.78 is 0. The highest BCUT2D eigenvalue weighted by Crippen LogP contribution is 2.24. The van der Waals surface area contributed by atoms with Crippen LogP contribution in [0.25, 0.3) is 10.9 Å². The molecule has 2 heterocycles. The predicted molar refractivity (Wildman–Crippen MR) is 73.6 cm³/mol. The van der Waals surface area contributed by atoms with Crippen LogP contribution < -0.4 is 16.0 Å². The first-order valence-electron chi connectivity index (χ1n) is 6.22. The molecule has 0 aliphatic carbocycles. The highest BCUT2D eigenvalue weighted by atomic mass is 15.2. The molecule has 1 aromatic heterocycles. The third-order valence-electron chi connectivity index (χ3n) is 3.38. The number of nitrogens with one attached hydrogen (secondary N) is 1. The van der Waals surface area contributed by atoms with E-state index in [0.29, 0.717) is 11.9 Å². The van der Waals surface area contributed by atoms with Crippen molar-refractivity contribution in [2.24, 2.45) is 0 Å². The molecule has 1 saturated heterocycles. The Morgan fingerprint density at radius 3 is 3.11 bits per heavy atom. The van der Waals surface area contributed by atoms with Crippen molar-refractivity contribution in [3.05, 3.63) is 24.5 Å². The number of aromatic nitrogens is 2. The zero-order chi connectivity index (χ0) is 12.5. The number of piperazine rings is 1. The number of hydrogen-bond acceptors (Lipinski definition) is 5. The lowest BCUT2D eigenvalue weighted by molar-refractivity contribution is 0.485. The van der Waals surface area contributed by atoms with Crippen molar-refractivity contribution in [3.63, 3.8) is 0 Å². The molecule has 3 N–H and O–H groups in total. The molecule has 0 spiro atoms. The van der Waals surface area contributed by atoms with Crippen molar-refractivity contribution in [2.75, 3.05) is 30.3 Å². The summed E-state index contributed by atoms with van der Waals surface area (Å²) in [5.41, 5.74) is 7.99. The van der Waals surface area contributed by atoms with Gasteiger partial charge < -0.3 is 16.0 Å². The summed E-state index contributed by atoms with van der Waals surface area (Å²) in [7, 11) is 0. The smallest absolute Gasteiger partial charge is 0.134 e. The van der Waals surface area contributed by atoms with Gasteiger partial charge in [-0.1, -0.05) is 0 Å². The molecule has 5 nitrogen and oxygen atoms in total. The lowest BCUT2D eigenvalue weighted by Crippen LogP contribution is -2.49. The highest BCUT2D eigenvalue weighted by molar-refractivity contribution is 5.90. The fourth-order valence-corrected chi connectivity index (χ4v) is 2.43. The van der Waals surface area contributed by atoms with Gasteiger partial charge in [0.05, 0.1) is 5.52 Å². The zero-order valence-electron chi connectivity index (χ0n) is 10.4. The molecule has 0 bridgehead atoms. The molecule has 94 valence electrons. The quantitative estimate of drug-likeness (QED) is 0.782. The van der Waals surface area contributed by atoms with Crippen LogP contribution in [-0.4, -0.2) is 35.6 Å². The first kappa shape index (κ1) is 11.2. The standard InChI is InChI=1S/C13H17N5/c1-9-7-18(5-4-15-9)10-2-3-12-11(6-10)13(14)17-8-16-12/h2-3,6,8-9,15H,4-5,7H2,1H3,(H2,14,16,17). The van der Waals surface area contributed by atoms with Gasteiger partial charge in [0.2, 0.25) is 0 Å². The van der Waals surface area contributed by atoms with Crippen molar-refractivity contribution >= 4 is 22.4 Å². The van der Waals surface area contributed by atoms with Gasteiger partial charge in [-0.2, -0.15) is 0 Å². The molecule has 2 aromatic rings. The number of nitrogen functional groups attached to an aromatic ring is 1. The number of anilines is 2. The number of benzene rings is 1. The molecule has 1 aliphatic rings. The average Bonchev–Trinajstić information content (AvgIpc) is 2.39. The van der Waals surface area contributed by atoms with E-state index in [1.807, 2.05) is 6.07 Å². The van der Waals surface area contributed by atoms with Gasteiger partial charge in [-0.3, -0.25) is 0 Å². The van der Waals surface area contributed by atoms with Crippen LogP contribution >= 0.6 is 0 Å². The topological polar surface area (TPSA) is 67.1 Å². The molecule has 1 atom stereocenters. The predicted octanol–water partition coefficient (Wildman–Crippen LogP) is 1.01. The van der Waals surface area contributed by atoms with Crippen LogP contribution in [-0.2, 0) is 0 Å². The molecule has 5 heteroatoms. The SMILES string of the molecule is CC1CN(c2ccc3ncnc(N)c3c2)CCN1. The van der Waals surface area contributed by atoms with Gasteiger partial charge in [-0.15, -0.1) is 0 Å². The van der Waals surface area contributed by atoms with Gasteiger partial charge in [0, 0.05) is 36.7 Å². The summed E-state index contributed by atoms with van der Waals surface area (Å²) in [5, 5.41) is 4.37. The van der Waals surface area contributed by atoms with Crippen molar-refractivity contribution in [1.29, 1.82) is 0 Å². The Labute approximate surface area is 106 Å². The van der Waals surface area contributed by atoms with Gasteiger partial charge in [0.1, 0.15) is 12.1 Å². The van der Waals surface area contributed by atoms with Gasteiger partial charge in [-0.05, 0) is 25.1 Å². The van der Waals surface area contributed by atoms with Crippen LogP contribution in [0.1, 0.15) is 6.92 Å². The van der Waals surface area contributed by atoms with E-state index in [1.165, 1.54) is 12.0 Å². The number of hydrogen-bond donors (Lipinski definition) is 2. The second kappa shape index (κ2) is 4.42. The van der Waals surface area contributed by atoms with Crippen LogP contribution in [0.15, 0.2) is 24.5 Å². The molecule has 1 unspecified atom stereocenters. The van der Waals surface area contributed by atoms with E-state index in [-0.39, 0.29) is 0 Å². The van der Waals surface area contributed by atoms with E-state index in [4.69, 9.17) is 5.73 Å². The average molecular weight is 243 g/mol. The second-order valence-electron chi connectivity index (χ2n) is 4.76. The maximum Gasteiger partial charge on any atom is 0.134 e. The summed E-state index contributed by atoms with van der Waals surface area (Å²) in [6, 6.07) is 6.71. The summed E-state index contributed by atoms with van der Waals surface area (Å²) in [5.74, 6) is 0.546. The van der Waals surface area contributed by atoms with Gasteiger partial charge in [0.15, 0.2) is 0 Å². The minimum atomic E-state index is 0.513. The van der Waals surface area contributed by atoms with Crippen molar-refractivity contribution in [1.82, 2.24) is 15.3 Å². The van der Waals surface area contributed by atoms with E-state index in [2.05, 4.69) is 39.2 Å². The molecule has 1 aliphatic heterocycles. The van der Waals surface area contributed by atoms with Crippen molar-refractivity contribution in [3.8, 4) is 0 Å². The Morgan fingerprint density at radius 1 is 1.39 bits per heavy atom.